The van der Waals surface area contributed by atoms with E-state index in [4.69, 9.17) is 14.2 Å². The van der Waals surface area contributed by atoms with E-state index in [2.05, 4.69) is 15.9 Å². The van der Waals surface area contributed by atoms with Crippen molar-refractivity contribution in [3.8, 4) is 11.5 Å². The van der Waals surface area contributed by atoms with Gasteiger partial charge >= 0.3 is 0 Å². The molecule has 0 unspecified atom stereocenters. The molecule has 2 aliphatic rings. The number of ether oxygens (including phenoxy) is 3. The number of halogens is 2. The van der Waals surface area contributed by atoms with Crippen molar-refractivity contribution in [1.82, 2.24) is 9.80 Å². The summed E-state index contributed by atoms with van der Waals surface area (Å²) in [5.74, 6) is -0.290. The Hall–Kier alpha value is -2.89. The normalized spacial score (nSPS) is 17.1. The van der Waals surface area contributed by atoms with Gasteiger partial charge in [0.2, 0.25) is 5.91 Å². The summed E-state index contributed by atoms with van der Waals surface area (Å²) in [6.45, 7) is 3.78. The lowest BCUT2D eigenvalue weighted by atomic mass is 10.1. The maximum atomic E-state index is 13.5. The fraction of sp³-hybridized carbons (Fsp3) is 0.320. The molecule has 2 fully saturated rings. The second-order valence-electron chi connectivity index (χ2n) is 7.93. The van der Waals surface area contributed by atoms with Gasteiger partial charge in [-0.15, -0.1) is 0 Å². The number of carbonyl (C=O) groups excluding carboxylic acids is 3. The van der Waals surface area contributed by atoms with E-state index in [1.54, 1.807) is 35.2 Å². The number of imide groups is 1. The van der Waals surface area contributed by atoms with Crippen LogP contribution >= 0.6 is 27.7 Å². The predicted molar refractivity (Wildman–Crippen MR) is 136 cm³/mol. The second-order valence-corrected chi connectivity index (χ2v) is 9.78. The maximum Gasteiger partial charge on any atom is 0.294 e. The molecular weight excluding hydrogens is 555 g/mol. The highest BCUT2D eigenvalue weighted by Crippen LogP contribution is 2.38. The first-order valence-electron chi connectivity index (χ1n) is 11.3. The Balaban J connectivity index is 1.50. The molecule has 4 rings (SSSR count). The van der Waals surface area contributed by atoms with E-state index in [-0.39, 0.29) is 29.8 Å². The molecule has 2 heterocycles. The molecule has 2 saturated heterocycles. The molecule has 2 aliphatic heterocycles. The molecule has 3 amide bonds. The highest BCUT2D eigenvalue weighted by Gasteiger charge is 2.37. The van der Waals surface area contributed by atoms with Crippen molar-refractivity contribution in [2.24, 2.45) is 0 Å². The van der Waals surface area contributed by atoms with Crippen molar-refractivity contribution in [1.29, 1.82) is 0 Å². The lowest BCUT2D eigenvalue weighted by Gasteiger charge is -2.28. The average Bonchev–Trinajstić information content (AvgIpc) is 3.13. The minimum Gasteiger partial charge on any atom is -0.490 e. The standard InChI is InChI=1S/C25H24BrFN2O6S/c1-2-34-20-11-17(19(26)13-21(20)35-15-16-4-3-5-18(27)10-16)12-22-24(31)29(25(32)36-22)14-23(30)28-6-8-33-9-7-28/h3-5,10-13H,2,6-9,14-15H2,1H3/b22-12+. The van der Waals surface area contributed by atoms with Crippen molar-refractivity contribution in [3.63, 3.8) is 0 Å². The summed E-state index contributed by atoms with van der Waals surface area (Å²) in [5, 5.41) is -0.496. The number of morpholine rings is 1. The molecule has 11 heteroatoms. The van der Waals surface area contributed by atoms with E-state index in [9.17, 15) is 18.8 Å². The summed E-state index contributed by atoms with van der Waals surface area (Å²) in [6, 6.07) is 9.51. The van der Waals surface area contributed by atoms with Crippen molar-refractivity contribution in [2.75, 3.05) is 39.5 Å². The third kappa shape index (κ3) is 6.26. The van der Waals surface area contributed by atoms with Gasteiger partial charge < -0.3 is 19.1 Å². The number of rotatable bonds is 8. The molecule has 36 heavy (non-hydrogen) atoms. The van der Waals surface area contributed by atoms with Crippen LogP contribution in [0.4, 0.5) is 9.18 Å². The summed E-state index contributed by atoms with van der Waals surface area (Å²) >= 11 is 4.27. The number of amides is 3. The highest BCUT2D eigenvalue weighted by atomic mass is 79.9. The van der Waals surface area contributed by atoms with Gasteiger partial charge in [-0.05, 0) is 60.2 Å². The number of hydrogen-bond donors (Lipinski definition) is 0. The van der Waals surface area contributed by atoms with Gasteiger partial charge in [0.05, 0.1) is 24.7 Å². The van der Waals surface area contributed by atoms with Crippen molar-refractivity contribution in [2.45, 2.75) is 13.5 Å². The van der Waals surface area contributed by atoms with Crippen LogP contribution in [0.25, 0.3) is 6.08 Å². The number of benzene rings is 2. The third-order valence-electron chi connectivity index (χ3n) is 5.46. The lowest BCUT2D eigenvalue weighted by molar-refractivity contribution is -0.139. The van der Waals surface area contributed by atoms with Crippen LogP contribution in [0, 0.1) is 5.82 Å². The molecule has 0 aliphatic carbocycles. The van der Waals surface area contributed by atoms with Gasteiger partial charge in [-0.25, -0.2) is 4.39 Å². The summed E-state index contributed by atoms with van der Waals surface area (Å²) < 4.78 is 30.9. The number of hydrogen-bond acceptors (Lipinski definition) is 7. The molecule has 0 N–H and O–H groups in total. The topological polar surface area (TPSA) is 85.4 Å². The van der Waals surface area contributed by atoms with Gasteiger partial charge in [0, 0.05) is 17.6 Å². The van der Waals surface area contributed by atoms with Gasteiger partial charge in [0.25, 0.3) is 11.1 Å². The Morgan fingerprint density at radius 1 is 1.17 bits per heavy atom. The Labute approximate surface area is 220 Å². The van der Waals surface area contributed by atoms with Crippen LogP contribution < -0.4 is 9.47 Å². The fourth-order valence-electron chi connectivity index (χ4n) is 3.66. The molecule has 0 atom stereocenters. The molecule has 0 radical (unpaired) electrons. The van der Waals surface area contributed by atoms with Gasteiger partial charge in [0.1, 0.15) is 19.0 Å². The molecule has 0 bridgehead atoms. The van der Waals surface area contributed by atoms with Crippen molar-refractivity contribution >= 4 is 50.8 Å². The first kappa shape index (κ1) is 26.2. The molecule has 190 valence electrons. The summed E-state index contributed by atoms with van der Waals surface area (Å²) in [7, 11) is 0. The van der Waals surface area contributed by atoms with E-state index in [0.717, 1.165) is 16.7 Å². The van der Waals surface area contributed by atoms with E-state index in [1.165, 1.54) is 12.1 Å². The first-order valence-corrected chi connectivity index (χ1v) is 12.9. The van der Waals surface area contributed by atoms with E-state index >= 15 is 0 Å². The molecule has 0 spiro atoms. The first-order chi connectivity index (χ1) is 17.4. The number of nitrogens with zero attached hydrogens (tertiary/aromatic N) is 2. The number of carbonyl (C=O) groups is 3. The van der Waals surface area contributed by atoms with Crippen LogP contribution in [0.3, 0.4) is 0 Å². The van der Waals surface area contributed by atoms with Crippen LogP contribution in [0.1, 0.15) is 18.1 Å². The van der Waals surface area contributed by atoms with Gasteiger partial charge in [-0.3, -0.25) is 19.3 Å². The monoisotopic (exact) mass is 578 g/mol. The SMILES string of the molecule is CCOc1cc(/C=C2/SC(=O)N(CC(=O)N3CCOCC3)C2=O)c(Br)cc1OCc1cccc(F)c1. The lowest BCUT2D eigenvalue weighted by Crippen LogP contribution is -2.46. The smallest absolute Gasteiger partial charge is 0.294 e. The molecule has 2 aromatic rings. The van der Waals surface area contributed by atoms with Crippen LogP contribution in [-0.2, 0) is 20.9 Å². The van der Waals surface area contributed by atoms with Crippen LogP contribution in [0.2, 0.25) is 0 Å². The molecule has 2 aromatic carbocycles. The fourth-order valence-corrected chi connectivity index (χ4v) is 4.92. The van der Waals surface area contributed by atoms with Crippen LogP contribution in [0.15, 0.2) is 45.8 Å². The zero-order chi connectivity index (χ0) is 25.7. The third-order valence-corrected chi connectivity index (χ3v) is 7.06. The number of thioether (sulfide) groups is 1. The van der Waals surface area contributed by atoms with E-state index < -0.39 is 11.1 Å². The quantitative estimate of drug-likeness (QED) is 0.427. The molecule has 8 nitrogen and oxygen atoms in total. The Morgan fingerprint density at radius 3 is 2.64 bits per heavy atom. The van der Waals surface area contributed by atoms with Gasteiger partial charge in [-0.1, -0.05) is 28.1 Å². The zero-order valence-electron chi connectivity index (χ0n) is 19.5. The van der Waals surface area contributed by atoms with E-state index in [0.29, 0.717) is 60.0 Å². The predicted octanol–water partition coefficient (Wildman–Crippen LogP) is 4.46. The summed E-state index contributed by atoms with van der Waals surface area (Å²) in [5.41, 5.74) is 1.26. The Morgan fingerprint density at radius 2 is 1.92 bits per heavy atom. The largest absolute Gasteiger partial charge is 0.490 e. The molecular formula is C25H24BrFN2O6S. The highest BCUT2D eigenvalue weighted by molar-refractivity contribution is 9.10. The Kier molecular flexibility index (Phi) is 8.65. The van der Waals surface area contributed by atoms with Crippen LogP contribution in [-0.4, -0.2) is 66.3 Å². The minimum atomic E-state index is -0.525. The Bertz CT molecular complexity index is 1200. The second kappa shape index (κ2) is 11.9. The molecule has 0 aromatic heterocycles. The van der Waals surface area contributed by atoms with E-state index in [1.807, 2.05) is 6.92 Å². The maximum absolute atomic E-state index is 13.5. The zero-order valence-corrected chi connectivity index (χ0v) is 21.9. The van der Waals surface area contributed by atoms with Crippen LogP contribution in [0.5, 0.6) is 11.5 Å². The van der Waals surface area contributed by atoms with Gasteiger partial charge in [-0.2, -0.15) is 0 Å². The summed E-state index contributed by atoms with van der Waals surface area (Å²) in [4.78, 5) is 40.7. The minimum absolute atomic E-state index is 0.139. The molecule has 0 saturated carbocycles. The van der Waals surface area contributed by atoms with Crippen molar-refractivity contribution < 1.29 is 33.0 Å². The van der Waals surface area contributed by atoms with Crippen molar-refractivity contribution in [3.05, 3.63) is 62.7 Å². The average molecular weight is 579 g/mol. The van der Waals surface area contributed by atoms with Gasteiger partial charge in [0.15, 0.2) is 11.5 Å². The summed E-state index contributed by atoms with van der Waals surface area (Å²) in [6.07, 6.45) is 1.58.